The summed E-state index contributed by atoms with van der Waals surface area (Å²) in [5.74, 6) is -3.59. The second kappa shape index (κ2) is 6.95. The molecule has 0 heterocycles. The minimum atomic E-state index is -0.922. The molecule has 1 N–H and O–H groups in total. The molecule has 0 aliphatic carbocycles. The van der Waals surface area contributed by atoms with Crippen LogP contribution in [0.4, 0.5) is 24.5 Å². The van der Waals surface area contributed by atoms with Crippen molar-refractivity contribution in [1.29, 1.82) is 0 Å². The molecule has 0 radical (unpaired) electrons. The molecule has 0 aliphatic heterocycles. The van der Waals surface area contributed by atoms with Gasteiger partial charge in [-0.15, -0.1) is 0 Å². The van der Waals surface area contributed by atoms with E-state index >= 15 is 0 Å². The summed E-state index contributed by atoms with van der Waals surface area (Å²) in [6.07, 6.45) is 0. The standard InChI is InChI=1S/C16H13F3N2O2/c1-10(22)21(12-7-5-11(17)6-8-12)9-15(23)20-16-13(18)3-2-4-14(16)19/h2-8H,9H2,1H3,(H,20,23). The maximum atomic E-state index is 13.5. The van der Waals surface area contributed by atoms with Crippen molar-refractivity contribution >= 4 is 23.2 Å². The van der Waals surface area contributed by atoms with Crippen molar-refractivity contribution < 1.29 is 22.8 Å². The molecule has 0 bridgehead atoms. The number of anilines is 2. The van der Waals surface area contributed by atoms with Crippen LogP contribution in [0, 0.1) is 17.5 Å². The highest BCUT2D eigenvalue weighted by molar-refractivity contribution is 6.01. The van der Waals surface area contributed by atoms with Gasteiger partial charge in [-0.05, 0) is 36.4 Å². The molecular weight excluding hydrogens is 309 g/mol. The fourth-order valence-corrected chi connectivity index (χ4v) is 1.95. The molecule has 120 valence electrons. The molecule has 2 aromatic carbocycles. The lowest BCUT2D eigenvalue weighted by Crippen LogP contribution is -2.37. The Morgan fingerprint density at radius 1 is 1.00 bits per heavy atom. The van der Waals surface area contributed by atoms with Crippen LogP contribution in [0.25, 0.3) is 0 Å². The molecule has 4 nitrogen and oxygen atoms in total. The molecule has 2 rings (SSSR count). The number of carbonyl (C=O) groups is 2. The quantitative estimate of drug-likeness (QED) is 0.940. The fourth-order valence-electron chi connectivity index (χ4n) is 1.95. The maximum Gasteiger partial charge on any atom is 0.244 e. The van der Waals surface area contributed by atoms with Gasteiger partial charge in [0.05, 0.1) is 0 Å². The zero-order valence-electron chi connectivity index (χ0n) is 12.1. The molecule has 0 unspecified atom stereocenters. The maximum absolute atomic E-state index is 13.5. The van der Waals surface area contributed by atoms with Gasteiger partial charge >= 0.3 is 0 Å². The molecule has 2 amide bonds. The van der Waals surface area contributed by atoms with Crippen LogP contribution in [0.5, 0.6) is 0 Å². The van der Waals surface area contributed by atoms with Gasteiger partial charge in [0.1, 0.15) is 29.7 Å². The van der Waals surface area contributed by atoms with Crippen LogP contribution < -0.4 is 10.2 Å². The Morgan fingerprint density at radius 2 is 1.57 bits per heavy atom. The van der Waals surface area contributed by atoms with Gasteiger partial charge in [-0.1, -0.05) is 6.07 Å². The smallest absolute Gasteiger partial charge is 0.244 e. The van der Waals surface area contributed by atoms with Crippen LogP contribution in [0.3, 0.4) is 0 Å². The Hall–Kier alpha value is -2.83. The molecule has 0 fully saturated rings. The molecule has 0 aromatic heterocycles. The number of rotatable bonds is 4. The van der Waals surface area contributed by atoms with Gasteiger partial charge < -0.3 is 10.2 Å². The first-order valence-electron chi connectivity index (χ1n) is 6.66. The molecule has 0 spiro atoms. The van der Waals surface area contributed by atoms with Crippen LogP contribution in [0.2, 0.25) is 0 Å². The number of halogens is 3. The molecule has 2 aromatic rings. The zero-order chi connectivity index (χ0) is 17.0. The molecular formula is C16H13F3N2O2. The summed E-state index contributed by atoms with van der Waals surface area (Å²) >= 11 is 0. The Morgan fingerprint density at radius 3 is 2.09 bits per heavy atom. The lowest BCUT2D eigenvalue weighted by atomic mass is 10.2. The number of hydrogen-bond donors (Lipinski definition) is 1. The van der Waals surface area contributed by atoms with Crippen LogP contribution in [0.15, 0.2) is 42.5 Å². The number of para-hydroxylation sites is 1. The fraction of sp³-hybridized carbons (Fsp3) is 0.125. The highest BCUT2D eigenvalue weighted by Gasteiger charge is 2.18. The van der Waals surface area contributed by atoms with Crippen LogP contribution in [-0.4, -0.2) is 18.4 Å². The molecule has 0 aliphatic rings. The summed E-state index contributed by atoms with van der Waals surface area (Å²) in [7, 11) is 0. The summed E-state index contributed by atoms with van der Waals surface area (Å²) in [4.78, 5) is 24.7. The first kappa shape index (κ1) is 16.5. The summed E-state index contributed by atoms with van der Waals surface area (Å²) in [6, 6.07) is 8.10. The van der Waals surface area contributed by atoms with Gasteiger partial charge in [0.2, 0.25) is 11.8 Å². The minimum Gasteiger partial charge on any atom is -0.320 e. The largest absolute Gasteiger partial charge is 0.320 e. The Labute approximate surface area is 130 Å². The number of nitrogens with one attached hydrogen (secondary N) is 1. The van der Waals surface area contributed by atoms with Crippen molar-refractivity contribution in [2.45, 2.75) is 6.92 Å². The normalized spacial score (nSPS) is 10.3. The second-order valence-electron chi connectivity index (χ2n) is 4.73. The Balaban J connectivity index is 2.16. The first-order chi connectivity index (χ1) is 10.9. The first-order valence-corrected chi connectivity index (χ1v) is 6.66. The second-order valence-corrected chi connectivity index (χ2v) is 4.73. The summed E-state index contributed by atoms with van der Waals surface area (Å²) in [5.41, 5.74) is -0.289. The zero-order valence-corrected chi connectivity index (χ0v) is 12.1. The van der Waals surface area contributed by atoms with Gasteiger partial charge in [-0.2, -0.15) is 0 Å². The molecule has 0 saturated heterocycles. The van der Waals surface area contributed by atoms with E-state index in [-0.39, 0.29) is 0 Å². The van der Waals surface area contributed by atoms with E-state index in [0.29, 0.717) is 5.69 Å². The van der Waals surface area contributed by atoms with Crippen LogP contribution >= 0.6 is 0 Å². The van der Waals surface area contributed by atoms with E-state index in [1.165, 1.54) is 25.1 Å². The average Bonchev–Trinajstić information content (AvgIpc) is 2.49. The topological polar surface area (TPSA) is 49.4 Å². The van der Waals surface area contributed by atoms with Crippen molar-refractivity contribution in [3.05, 3.63) is 59.9 Å². The molecule has 0 saturated carbocycles. The van der Waals surface area contributed by atoms with E-state index in [1.54, 1.807) is 0 Å². The van der Waals surface area contributed by atoms with Crippen molar-refractivity contribution in [3.8, 4) is 0 Å². The van der Waals surface area contributed by atoms with Gasteiger partial charge in [-0.3, -0.25) is 9.59 Å². The van der Waals surface area contributed by atoms with Crippen molar-refractivity contribution in [1.82, 2.24) is 0 Å². The lowest BCUT2D eigenvalue weighted by Gasteiger charge is -2.20. The van der Waals surface area contributed by atoms with Gasteiger partial charge in [0.25, 0.3) is 0 Å². The Bertz CT molecular complexity index is 712. The van der Waals surface area contributed by atoms with Crippen molar-refractivity contribution in [2.24, 2.45) is 0 Å². The predicted molar refractivity (Wildman–Crippen MR) is 79.4 cm³/mol. The van der Waals surface area contributed by atoms with Gasteiger partial charge in [0.15, 0.2) is 0 Å². The lowest BCUT2D eigenvalue weighted by molar-refractivity contribution is -0.120. The highest BCUT2D eigenvalue weighted by Crippen LogP contribution is 2.19. The summed E-state index contributed by atoms with van der Waals surface area (Å²) in [5, 5.41) is 2.09. The monoisotopic (exact) mass is 322 g/mol. The SMILES string of the molecule is CC(=O)N(CC(=O)Nc1c(F)cccc1F)c1ccc(F)cc1. The van der Waals surface area contributed by atoms with Gasteiger partial charge in [0, 0.05) is 12.6 Å². The number of carbonyl (C=O) groups excluding carboxylic acids is 2. The number of amides is 2. The summed E-state index contributed by atoms with van der Waals surface area (Å²) < 4.78 is 39.9. The Kier molecular flexibility index (Phi) is 5.00. The van der Waals surface area contributed by atoms with E-state index in [1.807, 2.05) is 0 Å². The predicted octanol–water partition coefficient (Wildman–Crippen LogP) is 3.10. The van der Waals surface area contributed by atoms with E-state index in [4.69, 9.17) is 0 Å². The average molecular weight is 322 g/mol. The van der Waals surface area contributed by atoms with E-state index in [9.17, 15) is 22.8 Å². The van der Waals surface area contributed by atoms with E-state index in [0.717, 1.165) is 29.2 Å². The number of hydrogen-bond acceptors (Lipinski definition) is 2. The van der Waals surface area contributed by atoms with Crippen molar-refractivity contribution in [3.63, 3.8) is 0 Å². The number of nitrogens with zero attached hydrogens (tertiary/aromatic N) is 1. The third-order valence-corrected chi connectivity index (χ3v) is 3.05. The van der Waals surface area contributed by atoms with Gasteiger partial charge in [-0.25, -0.2) is 13.2 Å². The molecule has 7 heteroatoms. The molecule has 23 heavy (non-hydrogen) atoms. The summed E-state index contributed by atoms with van der Waals surface area (Å²) in [6.45, 7) is 0.759. The third-order valence-electron chi connectivity index (χ3n) is 3.05. The van der Waals surface area contributed by atoms with Crippen LogP contribution in [-0.2, 0) is 9.59 Å². The number of benzene rings is 2. The van der Waals surface area contributed by atoms with Crippen LogP contribution in [0.1, 0.15) is 6.92 Å². The van der Waals surface area contributed by atoms with Crippen molar-refractivity contribution in [2.75, 3.05) is 16.8 Å². The third kappa shape index (κ3) is 4.09. The highest BCUT2D eigenvalue weighted by atomic mass is 19.1. The van der Waals surface area contributed by atoms with E-state index < -0.39 is 41.5 Å². The minimum absolute atomic E-state index is 0.294. The van der Waals surface area contributed by atoms with E-state index in [2.05, 4.69) is 5.32 Å². The molecule has 0 atom stereocenters.